The van der Waals surface area contributed by atoms with Crippen LogP contribution in [0.5, 0.6) is 5.88 Å². The number of rotatable bonds is 0. The minimum Gasteiger partial charge on any atom is -0.492 e. The van der Waals surface area contributed by atoms with Crippen molar-refractivity contribution in [3.05, 3.63) is 22.5 Å². The van der Waals surface area contributed by atoms with Crippen molar-refractivity contribution in [1.29, 1.82) is 0 Å². The topological polar surface area (TPSA) is 66.0 Å². The smallest absolute Gasteiger partial charge is 0.312 e. The number of hydrogen-bond donors (Lipinski definition) is 2. The highest BCUT2D eigenvalue weighted by atomic mass is 19.1. The van der Waals surface area contributed by atoms with E-state index in [4.69, 9.17) is 5.11 Å². The lowest BCUT2D eigenvalue weighted by Crippen LogP contribution is -2.09. The van der Waals surface area contributed by atoms with Crippen LogP contribution in [0.4, 0.5) is 4.39 Å². The minimum atomic E-state index is -1.25. The van der Waals surface area contributed by atoms with Crippen molar-refractivity contribution in [3.63, 3.8) is 0 Å². The van der Waals surface area contributed by atoms with E-state index in [1.54, 1.807) is 0 Å². The summed E-state index contributed by atoms with van der Waals surface area (Å²) >= 11 is 0. The first-order valence-electron chi connectivity index (χ1n) is 2.14. The average molecular weight is 130 g/mol. The second-order valence-electron chi connectivity index (χ2n) is 1.37. The Balaban J connectivity index is 3.43. The highest BCUT2D eigenvalue weighted by Crippen LogP contribution is 2.00. The Bertz CT molecular complexity index is 270. The second kappa shape index (κ2) is 1.85. The van der Waals surface area contributed by atoms with Gasteiger partial charge in [0.15, 0.2) is 0 Å². The van der Waals surface area contributed by atoms with E-state index in [-0.39, 0.29) is 0 Å². The molecule has 48 valence electrons. The normalized spacial score (nSPS) is 9.44. The van der Waals surface area contributed by atoms with Gasteiger partial charge in [0.05, 0.1) is 6.33 Å². The standard InChI is InChI=1S/C4H3FN2O2/c5-2-3(8)6-1-7-4(2)9/h1H,(H2,6,7,8,9). The number of halogens is 1. The Morgan fingerprint density at radius 3 is 2.89 bits per heavy atom. The van der Waals surface area contributed by atoms with Crippen LogP contribution in [0.15, 0.2) is 11.1 Å². The van der Waals surface area contributed by atoms with E-state index in [9.17, 15) is 9.18 Å². The van der Waals surface area contributed by atoms with Crippen LogP contribution in [0.25, 0.3) is 0 Å². The molecule has 5 heteroatoms. The first-order valence-corrected chi connectivity index (χ1v) is 2.14. The van der Waals surface area contributed by atoms with E-state index < -0.39 is 17.3 Å². The molecule has 1 heterocycles. The van der Waals surface area contributed by atoms with Gasteiger partial charge in [-0.3, -0.25) is 4.79 Å². The number of nitrogens with zero attached hydrogens (tertiary/aromatic N) is 1. The monoisotopic (exact) mass is 130 g/mol. The van der Waals surface area contributed by atoms with Gasteiger partial charge in [-0.2, -0.15) is 9.37 Å². The molecule has 1 rings (SSSR count). The lowest BCUT2D eigenvalue weighted by Gasteiger charge is -1.88. The molecule has 0 aromatic carbocycles. The van der Waals surface area contributed by atoms with Gasteiger partial charge in [0.25, 0.3) is 0 Å². The van der Waals surface area contributed by atoms with E-state index in [0.29, 0.717) is 0 Å². The van der Waals surface area contributed by atoms with Crippen LogP contribution in [0.1, 0.15) is 0 Å². The molecule has 1 aromatic rings. The van der Waals surface area contributed by atoms with Crippen LogP contribution in [0.2, 0.25) is 0 Å². The van der Waals surface area contributed by atoms with E-state index in [0.717, 1.165) is 6.33 Å². The maximum Gasteiger partial charge on any atom is 0.312 e. The third-order valence-electron chi connectivity index (χ3n) is 0.779. The predicted molar refractivity (Wildman–Crippen MR) is 26.5 cm³/mol. The Labute approximate surface area is 49.0 Å². The van der Waals surface area contributed by atoms with Crippen molar-refractivity contribution < 1.29 is 9.50 Å². The number of hydrogen-bond acceptors (Lipinski definition) is 3. The third-order valence-corrected chi connectivity index (χ3v) is 0.779. The number of aromatic hydroxyl groups is 1. The zero-order valence-electron chi connectivity index (χ0n) is 4.26. The molecule has 2 N–H and O–H groups in total. The molecule has 0 amide bonds. The summed E-state index contributed by atoms with van der Waals surface area (Å²) in [5, 5.41) is 8.43. The summed E-state index contributed by atoms with van der Waals surface area (Å²) < 4.78 is 12.1. The summed E-state index contributed by atoms with van der Waals surface area (Å²) in [5.74, 6) is -2.03. The van der Waals surface area contributed by atoms with Crippen LogP contribution in [-0.4, -0.2) is 15.1 Å². The fraction of sp³-hybridized carbons (Fsp3) is 0. The molecular weight excluding hydrogens is 127 g/mol. The van der Waals surface area contributed by atoms with E-state index in [1.165, 1.54) is 0 Å². The highest BCUT2D eigenvalue weighted by molar-refractivity contribution is 5.05. The molecule has 0 saturated carbocycles. The molecule has 0 bridgehead atoms. The van der Waals surface area contributed by atoms with Crippen molar-refractivity contribution in [2.75, 3.05) is 0 Å². The summed E-state index contributed by atoms with van der Waals surface area (Å²) in [4.78, 5) is 15.2. The maximum absolute atomic E-state index is 12.1. The molecule has 0 atom stereocenters. The van der Waals surface area contributed by atoms with Crippen LogP contribution in [0.3, 0.4) is 0 Å². The number of nitrogens with one attached hydrogen (secondary N) is 1. The Kier molecular flexibility index (Phi) is 1.18. The first kappa shape index (κ1) is 5.74. The van der Waals surface area contributed by atoms with Gasteiger partial charge in [0.2, 0.25) is 11.7 Å². The largest absolute Gasteiger partial charge is 0.492 e. The lowest BCUT2D eigenvalue weighted by atomic mass is 10.6. The molecule has 0 fully saturated rings. The third kappa shape index (κ3) is 0.883. The molecule has 0 radical (unpaired) electrons. The summed E-state index contributed by atoms with van der Waals surface area (Å²) in [6.45, 7) is 0. The Morgan fingerprint density at radius 1 is 1.78 bits per heavy atom. The molecule has 0 aliphatic rings. The molecule has 0 saturated heterocycles. The fourth-order valence-corrected chi connectivity index (χ4v) is 0.373. The van der Waals surface area contributed by atoms with Crippen molar-refractivity contribution in [3.8, 4) is 5.88 Å². The summed E-state index contributed by atoms with van der Waals surface area (Å²) in [6, 6.07) is 0. The van der Waals surface area contributed by atoms with Gasteiger partial charge in [0.1, 0.15) is 0 Å². The van der Waals surface area contributed by atoms with Gasteiger partial charge >= 0.3 is 5.56 Å². The summed E-state index contributed by atoms with van der Waals surface area (Å²) in [7, 11) is 0. The molecule has 9 heavy (non-hydrogen) atoms. The van der Waals surface area contributed by atoms with E-state index in [2.05, 4.69) is 4.98 Å². The minimum absolute atomic E-state index is 0.782. The molecule has 0 aliphatic heterocycles. The van der Waals surface area contributed by atoms with Crippen molar-refractivity contribution in [2.24, 2.45) is 0 Å². The summed E-state index contributed by atoms with van der Waals surface area (Å²) in [5.41, 5.74) is -1.06. The number of H-pyrrole nitrogens is 1. The zero-order chi connectivity index (χ0) is 6.85. The molecule has 0 aliphatic carbocycles. The number of aromatic amines is 1. The average Bonchev–Trinajstić information content (AvgIpc) is 1.83. The molecule has 4 nitrogen and oxygen atoms in total. The first-order chi connectivity index (χ1) is 4.22. The highest BCUT2D eigenvalue weighted by Gasteiger charge is 2.02. The molecule has 0 spiro atoms. The van der Waals surface area contributed by atoms with Gasteiger partial charge in [-0.1, -0.05) is 0 Å². The molecule has 0 unspecified atom stereocenters. The van der Waals surface area contributed by atoms with Gasteiger partial charge in [-0.15, -0.1) is 0 Å². The van der Waals surface area contributed by atoms with E-state index in [1.807, 2.05) is 4.98 Å². The molecular formula is C4H3FN2O2. The van der Waals surface area contributed by atoms with Gasteiger partial charge in [-0.25, -0.2) is 0 Å². The summed E-state index contributed by atoms with van der Waals surface area (Å²) in [6.07, 6.45) is 0.917. The van der Waals surface area contributed by atoms with Crippen LogP contribution in [0, 0.1) is 5.82 Å². The zero-order valence-corrected chi connectivity index (χ0v) is 4.26. The molecule has 1 aromatic heterocycles. The second-order valence-corrected chi connectivity index (χ2v) is 1.37. The van der Waals surface area contributed by atoms with Gasteiger partial charge in [0, 0.05) is 0 Å². The van der Waals surface area contributed by atoms with Crippen molar-refractivity contribution >= 4 is 0 Å². The fourth-order valence-electron chi connectivity index (χ4n) is 0.373. The maximum atomic E-state index is 12.1. The quantitative estimate of drug-likeness (QED) is 0.502. The predicted octanol–water partition coefficient (Wildman–Crippen LogP) is -0.385. The van der Waals surface area contributed by atoms with Crippen LogP contribution < -0.4 is 5.56 Å². The Morgan fingerprint density at radius 2 is 2.44 bits per heavy atom. The van der Waals surface area contributed by atoms with Crippen LogP contribution in [-0.2, 0) is 0 Å². The Hall–Kier alpha value is -1.39. The van der Waals surface area contributed by atoms with E-state index >= 15 is 0 Å². The van der Waals surface area contributed by atoms with Crippen LogP contribution >= 0.6 is 0 Å². The van der Waals surface area contributed by atoms with Crippen molar-refractivity contribution in [2.45, 2.75) is 0 Å². The van der Waals surface area contributed by atoms with Crippen molar-refractivity contribution in [1.82, 2.24) is 9.97 Å². The lowest BCUT2D eigenvalue weighted by molar-refractivity contribution is 0.404. The SMILES string of the molecule is O=c1nc[nH]c(O)c1F. The van der Waals surface area contributed by atoms with Gasteiger partial charge in [-0.05, 0) is 0 Å². The number of aromatic nitrogens is 2. The van der Waals surface area contributed by atoms with Gasteiger partial charge < -0.3 is 10.1 Å².